The zero-order valence-corrected chi connectivity index (χ0v) is 11.9. The van der Waals surface area contributed by atoms with Crippen molar-refractivity contribution in [3.63, 3.8) is 0 Å². The van der Waals surface area contributed by atoms with Crippen LogP contribution in [0.1, 0.15) is 12.0 Å². The van der Waals surface area contributed by atoms with Crippen LogP contribution in [0, 0.1) is 0 Å². The Bertz CT molecular complexity index is 809. The van der Waals surface area contributed by atoms with Crippen LogP contribution in [0.5, 0.6) is 0 Å². The number of nitrogens with one attached hydrogen (secondary N) is 3. The zero-order chi connectivity index (χ0) is 14.9. The fourth-order valence-electron chi connectivity index (χ4n) is 2.22. The minimum Gasteiger partial charge on any atom is -0.385 e. The van der Waals surface area contributed by atoms with Gasteiger partial charge in [0, 0.05) is 18.3 Å². The fourth-order valence-corrected chi connectivity index (χ4v) is 3.27. The molecule has 110 valence electrons. The molecule has 0 atom stereocenters. The van der Waals surface area contributed by atoms with Crippen molar-refractivity contribution in [2.75, 3.05) is 16.6 Å². The van der Waals surface area contributed by atoms with Crippen LogP contribution < -0.4 is 15.6 Å². The summed E-state index contributed by atoms with van der Waals surface area (Å²) in [6.45, 7) is 0.901. The van der Waals surface area contributed by atoms with E-state index < -0.39 is 15.6 Å². The highest BCUT2D eigenvalue weighted by Crippen LogP contribution is 2.25. The molecule has 1 aliphatic rings. The number of nitrogens with zero attached hydrogens (tertiary/aromatic N) is 1. The van der Waals surface area contributed by atoms with E-state index in [4.69, 9.17) is 0 Å². The Labute approximate surface area is 121 Å². The van der Waals surface area contributed by atoms with E-state index in [1.165, 1.54) is 12.1 Å². The van der Waals surface area contributed by atoms with Crippen molar-refractivity contribution in [3.05, 3.63) is 46.2 Å². The summed E-state index contributed by atoms with van der Waals surface area (Å²) in [5.74, 6) is 0.0745. The molecule has 0 bridgehead atoms. The minimum atomic E-state index is -3.72. The van der Waals surface area contributed by atoms with Gasteiger partial charge >= 0.3 is 0 Å². The number of rotatable bonds is 3. The number of fused-ring (bicyclic) bond motifs is 1. The smallest absolute Gasteiger partial charge is 0.264 e. The average molecular weight is 306 g/mol. The van der Waals surface area contributed by atoms with Crippen LogP contribution in [0.3, 0.4) is 0 Å². The molecule has 0 unspecified atom stereocenters. The summed E-state index contributed by atoms with van der Waals surface area (Å²) in [5, 5.41) is 9.05. The largest absolute Gasteiger partial charge is 0.385 e. The van der Waals surface area contributed by atoms with E-state index in [9.17, 15) is 13.2 Å². The molecule has 7 nitrogen and oxygen atoms in total. The SMILES string of the molecule is O=c1ccc(NS(=O)(=O)c2ccc3c(c2)CCCN3)n[nH]1. The summed E-state index contributed by atoms with van der Waals surface area (Å²) in [6.07, 6.45) is 1.83. The van der Waals surface area contributed by atoms with Crippen LogP contribution in [-0.2, 0) is 16.4 Å². The monoisotopic (exact) mass is 306 g/mol. The molecule has 3 N–H and O–H groups in total. The highest BCUT2D eigenvalue weighted by molar-refractivity contribution is 7.92. The first-order valence-corrected chi connectivity index (χ1v) is 7.98. The second-order valence-corrected chi connectivity index (χ2v) is 6.44. The van der Waals surface area contributed by atoms with Crippen LogP contribution in [0.2, 0.25) is 0 Å². The van der Waals surface area contributed by atoms with Crippen molar-refractivity contribution in [1.29, 1.82) is 0 Å². The molecule has 2 heterocycles. The Balaban J connectivity index is 1.91. The quantitative estimate of drug-likeness (QED) is 0.782. The molecule has 21 heavy (non-hydrogen) atoms. The minimum absolute atomic E-state index is 0.0745. The van der Waals surface area contributed by atoms with Crippen molar-refractivity contribution >= 4 is 21.5 Å². The van der Waals surface area contributed by atoms with Crippen molar-refractivity contribution in [1.82, 2.24) is 10.2 Å². The predicted molar refractivity (Wildman–Crippen MR) is 78.9 cm³/mol. The molecular weight excluding hydrogens is 292 g/mol. The summed E-state index contributed by atoms with van der Waals surface area (Å²) < 4.78 is 27.0. The Morgan fingerprint density at radius 1 is 1.19 bits per heavy atom. The highest BCUT2D eigenvalue weighted by Gasteiger charge is 2.18. The molecule has 0 aliphatic carbocycles. The van der Waals surface area contributed by atoms with Crippen molar-refractivity contribution in [2.24, 2.45) is 0 Å². The molecule has 0 saturated carbocycles. The van der Waals surface area contributed by atoms with Crippen molar-refractivity contribution in [3.8, 4) is 0 Å². The van der Waals surface area contributed by atoms with E-state index in [1.54, 1.807) is 18.2 Å². The van der Waals surface area contributed by atoms with Crippen LogP contribution in [0.4, 0.5) is 11.5 Å². The van der Waals surface area contributed by atoms with Gasteiger partial charge in [0.05, 0.1) is 4.90 Å². The van der Waals surface area contributed by atoms with E-state index in [0.29, 0.717) is 0 Å². The average Bonchev–Trinajstić information content (AvgIpc) is 2.49. The van der Waals surface area contributed by atoms with Crippen LogP contribution in [0.25, 0.3) is 0 Å². The second-order valence-electron chi connectivity index (χ2n) is 4.76. The maximum atomic E-state index is 12.3. The van der Waals surface area contributed by atoms with E-state index >= 15 is 0 Å². The van der Waals surface area contributed by atoms with Gasteiger partial charge < -0.3 is 5.32 Å². The van der Waals surface area contributed by atoms with Crippen LogP contribution in [-0.4, -0.2) is 25.2 Å². The van der Waals surface area contributed by atoms with Crippen LogP contribution >= 0.6 is 0 Å². The predicted octanol–water partition coefficient (Wildman–Crippen LogP) is 0.929. The third-order valence-corrected chi connectivity index (χ3v) is 4.60. The molecule has 8 heteroatoms. The Hall–Kier alpha value is -2.35. The second kappa shape index (κ2) is 5.21. The lowest BCUT2D eigenvalue weighted by atomic mass is 10.0. The molecule has 1 aliphatic heterocycles. The van der Waals surface area contributed by atoms with E-state index in [-0.39, 0.29) is 10.7 Å². The molecule has 1 aromatic heterocycles. The zero-order valence-electron chi connectivity index (χ0n) is 11.1. The molecule has 2 aromatic rings. The van der Waals surface area contributed by atoms with Crippen molar-refractivity contribution < 1.29 is 8.42 Å². The third-order valence-electron chi connectivity index (χ3n) is 3.24. The van der Waals surface area contributed by atoms with Crippen molar-refractivity contribution in [2.45, 2.75) is 17.7 Å². The summed E-state index contributed by atoms with van der Waals surface area (Å²) in [7, 11) is -3.72. The molecule has 0 amide bonds. The van der Waals surface area contributed by atoms with Gasteiger partial charge in [0.15, 0.2) is 5.82 Å². The van der Waals surface area contributed by atoms with Gasteiger partial charge in [-0.05, 0) is 42.7 Å². The van der Waals surface area contributed by atoms with Gasteiger partial charge in [0.1, 0.15) is 0 Å². The third kappa shape index (κ3) is 2.89. The number of anilines is 2. The van der Waals surface area contributed by atoms with Crippen LogP contribution in [0.15, 0.2) is 40.0 Å². The maximum absolute atomic E-state index is 12.3. The van der Waals surface area contributed by atoms with Gasteiger partial charge in [0.25, 0.3) is 15.6 Å². The summed E-state index contributed by atoms with van der Waals surface area (Å²) in [5.41, 5.74) is 1.57. The first kappa shape index (κ1) is 13.6. The topological polar surface area (TPSA) is 104 Å². The number of aromatic nitrogens is 2. The number of aryl methyl sites for hydroxylation is 1. The summed E-state index contributed by atoms with van der Waals surface area (Å²) >= 11 is 0. The number of aromatic amines is 1. The first-order valence-electron chi connectivity index (χ1n) is 6.50. The van der Waals surface area contributed by atoms with Gasteiger partial charge in [-0.15, -0.1) is 0 Å². The Kier molecular flexibility index (Phi) is 3.38. The number of hydrogen-bond acceptors (Lipinski definition) is 5. The molecular formula is C13H14N4O3S. The summed E-state index contributed by atoms with van der Waals surface area (Å²) in [6, 6.07) is 7.50. The van der Waals surface area contributed by atoms with E-state index in [2.05, 4.69) is 20.2 Å². The lowest BCUT2D eigenvalue weighted by Crippen LogP contribution is -2.18. The fraction of sp³-hybridized carbons (Fsp3) is 0.231. The van der Waals surface area contributed by atoms with Gasteiger partial charge in [-0.3, -0.25) is 9.52 Å². The standard InChI is InChI=1S/C13H14N4O3S/c18-13-6-5-12(15-16-13)17-21(19,20)10-3-4-11-9(8-10)2-1-7-14-11/h3-6,8,14H,1-2,7H2,(H,15,17)(H,16,18). The Morgan fingerprint density at radius 2 is 2.05 bits per heavy atom. The molecule has 0 spiro atoms. The Morgan fingerprint density at radius 3 is 2.81 bits per heavy atom. The molecule has 0 radical (unpaired) electrons. The lowest BCUT2D eigenvalue weighted by Gasteiger charge is -2.18. The molecule has 3 rings (SSSR count). The molecule has 1 aromatic carbocycles. The number of benzene rings is 1. The van der Waals surface area contributed by atoms with E-state index in [0.717, 1.165) is 30.6 Å². The summed E-state index contributed by atoms with van der Waals surface area (Å²) in [4.78, 5) is 11.1. The lowest BCUT2D eigenvalue weighted by molar-refractivity contribution is 0.600. The van der Waals surface area contributed by atoms with Gasteiger partial charge in [-0.1, -0.05) is 0 Å². The number of H-pyrrole nitrogens is 1. The van der Waals surface area contributed by atoms with Gasteiger partial charge in [-0.2, -0.15) is 5.10 Å². The van der Waals surface area contributed by atoms with E-state index in [1.807, 2.05) is 0 Å². The highest BCUT2D eigenvalue weighted by atomic mass is 32.2. The maximum Gasteiger partial charge on any atom is 0.264 e. The van der Waals surface area contributed by atoms with Gasteiger partial charge in [-0.25, -0.2) is 13.5 Å². The number of sulfonamides is 1. The molecule has 0 saturated heterocycles. The normalized spacial score (nSPS) is 14.1. The van der Waals surface area contributed by atoms with Gasteiger partial charge in [0.2, 0.25) is 0 Å². The first-order chi connectivity index (χ1) is 10.0. The number of hydrogen-bond donors (Lipinski definition) is 3. The molecule has 0 fully saturated rings.